The van der Waals surface area contributed by atoms with Crippen LogP contribution >= 0.6 is 0 Å². The van der Waals surface area contributed by atoms with E-state index in [-0.39, 0.29) is 6.10 Å². The zero-order valence-electron chi connectivity index (χ0n) is 10.2. The average molecular weight is 224 g/mol. The molecule has 0 aliphatic heterocycles. The molecule has 0 bridgehead atoms. The van der Waals surface area contributed by atoms with Gasteiger partial charge in [-0.2, -0.15) is 4.98 Å². The Hall–Kier alpha value is -1.36. The largest absolute Gasteiger partial charge is 0.380 e. The summed E-state index contributed by atoms with van der Waals surface area (Å²) in [4.78, 5) is 8.46. The van der Waals surface area contributed by atoms with Gasteiger partial charge in [-0.3, -0.25) is 0 Å². The zero-order chi connectivity index (χ0) is 11.8. The first-order valence-corrected chi connectivity index (χ1v) is 5.59. The van der Waals surface area contributed by atoms with Crippen molar-refractivity contribution in [3.63, 3.8) is 0 Å². The van der Waals surface area contributed by atoms with Gasteiger partial charge >= 0.3 is 0 Å². The first kappa shape index (κ1) is 12.7. The Bertz CT molecular complexity index is 306. The summed E-state index contributed by atoms with van der Waals surface area (Å²) in [5.41, 5.74) is 0. The summed E-state index contributed by atoms with van der Waals surface area (Å²) >= 11 is 0. The lowest BCUT2D eigenvalue weighted by Crippen LogP contribution is -2.19. The maximum Gasteiger partial charge on any atom is 0.224 e. The number of rotatable bonds is 7. The van der Waals surface area contributed by atoms with E-state index in [1.165, 1.54) is 0 Å². The van der Waals surface area contributed by atoms with Gasteiger partial charge in [0.05, 0.1) is 6.10 Å². The smallest absolute Gasteiger partial charge is 0.224 e. The van der Waals surface area contributed by atoms with Gasteiger partial charge in [-0.25, -0.2) is 4.98 Å². The van der Waals surface area contributed by atoms with Crippen LogP contribution in [0.3, 0.4) is 0 Å². The van der Waals surface area contributed by atoms with Gasteiger partial charge in [0, 0.05) is 26.4 Å². The lowest BCUT2D eigenvalue weighted by atomic mass is 10.4. The van der Waals surface area contributed by atoms with Gasteiger partial charge in [0.2, 0.25) is 5.95 Å². The van der Waals surface area contributed by atoms with E-state index in [0.717, 1.165) is 25.3 Å². The number of hydrogen-bond donors (Lipinski definition) is 2. The highest BCUT2D eigenvalue weighted by Crippen LogP contribution is 2.05. The molecule has 0 aliphatic carbocycles. The average Bonchev–Trinajstić information content (AvgIpc) is 2.34. The number of nitrogens with one attached hydrogen (secondary N) is 2. The van der Waals surface area contributed by atoms with E-state index in [9.17, 15) is 0 Å². The number of anilines is 2. The van der Waals surface area contributed by atoms with Crippen molar-refractivity contribution < 1.29 is 4.74 Å². The van der Waals surface area contributed by atoms with Gasteiger partial charge in [0.15, 0.2) is 0 Å². The zero-order valence-corrected chi connectivity index (χ0v) is 10.2. The summed E-state index contributed by atoms with van der Waals surface area (Å²) in [5.74, 6) is 1.48. The highest BCUT2D eigenvalue weighted by atomic mass is 16.5. The van der Waals surface area contributed by atoms with Crippen LogP contribution in [0.25, 0.3) is 0 Å². The van der Waals surface area contributed by atoms with Crippen molar-refractivity contribution in [3.05, 3.63) is 12.3 Å². The second-order valence-electron chi connectivity index (χ2n) is 3.62. The molecule has 1 aromatic rings. The molecule has 5 heteroatoms. The predicted molar refractivity (Wildman–Crippen MR) is 65.8 cm³/mol. The third kappa shape index (κ3) is 4.44. The van der Waals surface area contributed by atoms with E-state index in [1.807, 2.05) is 13.0 Å². The molecule has 1 heterocycles. The van der Waals surface area contributed by atoms with E-state index in [4.69, 9.17) is 4.74 Å². The Morgan fingerprint density at radius 1 is 1.44 bits per heavy atom. The minimum Gasteiger partial charge on any atom is -0.380 e. The number of aromatic nitrogens is 2. The summed E-state index contributed by atoms with van der Waals surface area (Å²) in [7, 11) is 1.69. The van der Waals surface area contributed by atoms with Crippen molar-refractivity contribution in [1.29, 1.82) is 0 Å². The summed E-state index contributed by atoms with van der Waals surface area (Å²) in [5, 5.41) is 6.34. The number of methoxy groups -OCH3 is 1. The summed E-state index contributed by atoms with van der Waals surface area (Å²) in [6.45, 7) is 5.73. The molecule has 1 aromatic heterocycles. The fourth-order valence-corrected chi connectivity index (χ4v) is 1.11. The topological polar surface area (TPSA) is 59.1 Å². The van der Waals surface area contributed by atoms with Crippen LogP contribution in [0.2, 0.25) is 0 Å². The SMILES string of the molecule is CCCNc1nccc(NCC(C)OC)n1. The van der Waals surface area contributed by atoms with Gasteiger partial charge in [0.25, 0.3) is 0 Å². The van der Waals surface area contributed by atoms with Crippen LogP contribution in [-0.2, 0) is 4.74 Å². The summed E-state index contributed by atoms with van der Waals surface area (Å²) < 4.78 is 5.15. The molecule has 2 N–H and O–H groups in total. The Labute approximate surface area is 96.6 Å². The van der Waals surface area contributed by atoms with Crippen LogP contribution in [0.1, 0.15) is 20.3 Å². The first-order valence-electron chi connectivity index (χ1n) is 5.59. The second kappa shape index (κ2) is 7.00. The van der Waals surface area contributed by atoms with Crippen molar-refractivity contribution in [2.45, 2.75) is 26.4 Å². The number of ether oxygens (including phenoxy) is 1. The first-order chi connectivity index (χ1) is 7.76. The van der Waals surface area contributed by atoms with Gasteiger partial charge in [-0.1, -0.05) is 6.92 Å². The van der Waals surface area contributed by atoms with Crippen molar-refractivity contribution in [2.75, 3.05) is 30.8 Å². The van der Waals surface area contributed by atoms with E-state index in [0.29, 0.717) is 5.95 Å². The predicted octanol–water partition coefficient (Wildman–Crippen LogP) is 1.75. The molecule has 0 fully saturated rings. The monoisotopic (exact) mass is 224 g/mol. The Balaban J connectivity index is 2.46. The number of hydrogen-bond acceptors (Lipinski definition) is 5. The minimum absolute atomic E-state index is 0.169. The third-order valence-electron chi connectivity index (χ3n) is 2.16. The van der Waals surface area contributed by atoms with Gasteiger partial charge in [-0.15, -0.1) is 0 Å². The van der Waals surface area contributed by atoms with Gasteiger partial charge in [-0.05, 0) is 19.4 Å². The molecule has 5 nitrogen and oxygen atoms in total. The summed E-state index contributed by atoms with van der Waals surface area (Å²) in [6, 6.07) is 1.85. The molecule has 16 heavy (non-hydrogen) atoms. The molecule has 0 saturated heterocycles. The van der Waals surface area contributed by atoms with Crippen LogP contribution in [0.5, 0.6) is 0 Å². The maximum absolute atomic E-state index is 5.15. The molecule has 1 atom stereocenters. The van der Waals surface area contributed by atoms with Crippen LogP contribution in [0, 0.1) is 0 Å². The van der Waals surface area contributed by atoms with Crippen molar-refractivity contribution >= 4 is 11.8 Å². The van der Waals surface area contributed by atoms with Crippen LogP contribution in [0.15, 0.2) is 12.3 Å². The molecule has 1 unspecified atom stereocenters. The van der Waals surface area contributed by atoms with Crippen molar-refractivity contribution in [1.82, 2.24) is 9.97 Å². The molecule has 0 amide bonds. The molecule has 0 radical (unpaired) electrons. The lowest BCUT2D eigenvalue weighted by molar-refractivity contribution is 0.128. The molecule has 0 aliphatic rings. The highest BCUT2D eigenvalue weighted by molar-refractivity contribution is 5.39. The molecule has 0 spiro atoms. The standard InChI is InChI=1S/C11H20N4O/c1-4-6-12-11-13-7-5-10(15-11)14-8-9(2)16-3/h5,7,9H,4,6,8H2,1-3H3,(H2,12,13,14,15). The summed E-state index contributed by atoms with van der Waals surface area (Å²) in [6.07, 6.45) is 2.97. The van der Waals surface area contributed by atoms with E-state index >= 15 is 0 Å². The van der Waals surface area contributed by atoms with Crippen LogP contribution in [-0.4, -0.2) is 36.3 Å². The molecule has 90 valence electrons. The minimum atomic E-state index is 0.169. The van der Waals surface area contributed by atoms with Gasteiger partial charge in [0.1, 0.15) is 5.82 Å². The second-order valence-corrected chi connectivity index (χ2v) is 3.62. The highest BCUT2D eigenvalue weighted by Gasteiger charge is 2.01. The van der Waals surface area contributed by atoms with E-state index in [2.05, 4.69) is 27.5 Å². The quantitative estimate of drug-likeness (QED) is 0.739. The number of nitrogens with zero attached hydrogens (tertiary/aromatic N) is 2. The van der Waals surface area contributed by atoms with Crippen molar-refractivity contribution in [2.24, 2.45) is 0 Å². The van der Waals surface area contributed by atoms with E-state index in [1.54, 1.807) is 13.3 Å². The molecular weight excluding hydrogens is 204 g/mol. The van der Waals surface area contributed by atoms with Crippen molar-refractivity contribution in [3.8, 4) is 0 Å². The third-order valence-corrected chi connectivity index (χ3v) is 2.16. The Morgan fingerprint density at radius 2 is 2.25 bits per heavy atom. The van der Waals surface area contributed by atoms with Gasteiger partial charge < -0.3 is 15.4 Å². The molecule has 0 aromatic carbocycles. The lowest BCUT2D eigenvalue weighted by Gasteiger charge is -2.11. The van der Waals surface area contributed by atoms with E-state index < -0.39 is 0 Å². The van der Waals surface area contributed by atoms with Crippen LogP contribution in [0.4, 0.5) is 11.8 Å². The van der Waals surface area contributed by atoms with Crippen LogP contribution < -0.4 is 10.6 Å². The Kier molecular flexibility index (Phi) is 5.56. The maximum atomic E-state index is 5.15. The Morgan fingerprint density at radius 3 is 2.94 bits per heavy atom. The normalized spacial score (nSPS) is 12.2. The molecule has 1 rings (SSSR count). The fraction of sp³-hybridized carbons (Fsp3) is 0.636. The molecule has 0 saturated carbocycles. The molecular formula is C11H20N4O. The fourth-order valence-electron chi connectivity index (χ4n) is 1.11.